The smallest absolute Gasteiger partial charge is 0.201 e. The van der Waals surface area contributed by atoms with Crippen LogP contribution in [0, 0.1) is 5.41 Å². The normalized spacial score (nSPS) is 12.9. The molecule has 1 aromatic carbocycles. The van der Waals surface area contributed by atoms with E-state index in [0.717, 1.165) is 23.2 Å². The minimum Gasteiger partial charge on any atom is -0.497 e. The first kappa shape index (κ1) is 14.7. The fraction of sp³-hybridized carbons (Fsp3) is 0.562. The highest BCUT2D eigenvalue weighted by Crippen LogP contribution is 2.37. The lowest BCUT2D eigenvalue weighted by Crippen LogP contribution is -2.32. The van der Waals surface area contributed by atoms with E-state index < -0.39 is 0 Å². The van der Waals surface area contributed by atoms with E-state index in [9.17, 15) is 0 Å². The third kappa shape index (κ3) is 2.74. The zero-order valence-corrected chi connectivity index (χ0v) is 13.3. The van der Waals surface area contributed by atoms with Gasteiger partial charge in [0.15, 0.2) is 0 Å². The highest BCUT2D eigenvalue weighted by Gasteiger charge is 2.30. The summed E-state index contributed by atoms with van der Waals surface area (Å²) in [6.07, 6.45) is 1.01. The maximum atomic E-state index is 6.16. The molecule has 1 heterocycles. The number of benzene rings is 1. The van der Waals surface area contributed by atoms with Crippen LogP contribution in [0.2, 0.25) is 0 Å². The molecule has 0 fully saturated rings. The lowest BCUT2D eigenvalue weighted by Gasteiger charge is -2.34. The molecule has 0 aliphatic heterocycles. The number of aromatic nitrogens is 2. The zero-order chi connectivity index (χ0) is 15.1. The zero-order valence-electron chi connectivity index (χ0n) is 13.3. The first-order chi connectivity index (χ1) is 9.14. The third-order valence-corrected chi connectivity index (χ3v) is 3.46. The first-order valence-electron chi connectivity index (χ1n) is 6.96. The summed E-state index contributed by atoms with van der Waals surface area (Å²) >= 11 is 0. The summed E-state index contributed by atoms with van der Waals surface area (Å²) in [6, 6.07) is 5.87. The van der Waals surface area contributed by atoms with Crippen LogP contribution in [0.3, 0.4) is 0 Å². The summed E-state index contributed by atoms with van der Waals surface area (Å²) in [6.45, 7) is 11.1. The van der Waals surface area contributed by atoms with Gasteiger partial charge in [0, 0.05) is 11.6 Å². The van der Waals surface area contributed by atoms with Crippen molar-refractivity contribution in [2.24, 2.45) is 5.41 Å². The van der Waals surface area contributed by atoms with E-state index in [2.05, 4.69) is 44.2 Å². The number of anilines is 1. The van der Waals surface area contributed by atoms with Crippen LogP contribution < -0.4 is 10.5 Å². The standard InChI is InChI=1S/C16H25N3O/c1-15(2,3)10-16(4,5)19-13-9-11(20-6)7-8-12(13)18-14(19)17/h7-9H,10H2,1-6H3,(H2,17,18). The second-order valence-corrected chi connectivity index (χ2v) is 7.21. The van der Waals surface area contributed by atoms with Gasteiger partial charge in [0.1, 0.15) is 5.75 Å². The van der Waals surface area contributed by atoms with Gasteiger partial charge >= 0.3 is 0 Å². The highest BCUT2D eigenvalue weighted by atomic mass is 16.5. The summed E-state index contributed by atoms with van der Waals surface area (Å²) in [7, 11) is 1.67. The topological polar surface area (TPSA) is 53.1 Å². The van der Waals surface area contributed by atoms with E-state index in [1.807, 2.05) is 18.2 Å². The van der Waals surface area contributed by atoms with Crippen LogP contribution in [-0.2, 0) is 5.54 Å². The average molecular weight is 275 g/mol. The van der Waals surface area contributed by atoms with Crippen molar-refractivity contribution >= 4 is 17.0 Å². The number of rotatable bonds is 3. The minimum absolute atomic E-state index is 0.108. The van der Waals surface area contributed by atoms with Gasteiger partial charge in [-0.15, -0.1) is 0 Å². The van der Waals surface area contributed by atoms with E-state index in [4.69, 9.17) is 10.5 Å². The monoisotopic (exact) mass is 275 g/mol. The van der Waals surface area contributed by atoms with Gasteiger partial charge in [-0.3, -0.25) is 0 Å². The molecule has 0 saturated carbocycles. The first-order valence-corrected chi connectivity index (χ1v) is 6.96. The third-order valence-electron chi connectivity index (χ3n) is 3.46. The lowest BCUT2D eigenvalue weighted by atomic mass is 9.81. The predicted molar refractivity (Wildman–Crippen MR) is 84.1 cm³/mol. The van der Waals surface area contributed by atoms with E-state index in [0.29, 0.717) is 5.95 Å². The van der Waals surface area contributed by atoms with E-state index >= 15 is 0 Å². The number of hydrogen-bond donors (Lipinski definition) is 1. The number of nitrogen functional groups attached to an aromatic ring is 1. The molecule has 0 aliphatic carbocycles. The molecule has 2 rings (SSSR count). The Balaban J connectivity index is 2.60. The van der Waals surface area contributed by atoms with Gasteiger partial charge in [-0.1, -0.05) is 20.8 Å². The Bertz CT molecular complexity index is 620. The Morgan fingerprint density at radius 2 is 1.85 bits per heavy atom. The molecule has 0 spiro atoms. The van der Waals surface area contributed by atoms with Crippen molar-refractivity contribution in [3.63, 3.8) is 0 Å². The van der Waals surface area contributed by atoms with Gasteiger partial charge in [-0.2, -0.15) is 0 Å². The predicted octanol–water partition coefficient (Wildman–Crippen LogP) is 3.80. The average Bonchev–Trinajstić information content (AvgIpc) is 2.60. The van der Waals surface area contributed by atoms with Gasteiger partial charge in [-0.05, 0) is 37.8 Å². The van der Waals surface area contributed by atoms with Crippen molar-refractivity contribution in [1.82, 2.24) is 9.55 Å². The maximum Gasteiger partial charge on any atom is 0.201 e. The summed E-state index contributed by atoms with van der Waals surface area (Å²) in [5.41, 5.74) is 8.20. The van der Waals surface area contributed by atoms with Crippen LogP contribution in [0.25, 0.3) is 11.0 Å². The Morgan fingerprint density at radius 3 is 2.40 bits per heavy atom. The number of nitrogens with two attached hydrogens (primary N) is 1. The molecule has 0 unspecified atom stereocenters. The molecule has 2 N–H and O–H groups in total. The molecule has 0 atom stereocenters. The molecule has 0 bridgehead atoms. The summed E-state index contributed by atoms with van der Waals surface area (Å²) in [5, 5.41) is 0. The molecule has 20 heavy (non-hydrogen) atoms. The number of hydrogen-bond acceptors (Lipinski definition) is 3. The van der Waals surface area contributed by atoms with Gasteiger partial charge in [0.2, 0.25) is 5.95 Å². The van der Waals surface area contributed by atoms with Gasteiger partial charge in [0.25, 0.3) is 0 Å². The molecule has 2 aromatic rings. The lowest BCUT2D eigenvalue weighted by molar-refractivity contribution is 0.222. The van der Waals surface area contributed by atoms with Crippen LogP contribution in [0.5, 0.6) is 5.75 Å². The molecule has 0 aliphatic rings. The van der Waals surface area contributed by atoms with Crippen LogP contribution in [-0.4, -0.2) is 16.7 Å². The molecule has 110 valence electrons. The summed E-state index contributed by atoms with van der Waals surface area (Å²) < 4.78 is 7.44. The van der Waals surface area contributed by atoms with Gasteiger partial charge < -0.3 is 15.0 Å². The number of fused-ring (bicyclic) bond motifs is 1. The molecular formula is C16H25N3O. The molecular weight excluding hydrogens is 250 g/mol. The van der Waals surface area contributed by atoms with Gasteiger partial charge in [-0.25, -0.2) is 4.98 Å². The highest BCUT2D eigenvalue weighted by molar-refractivity contribution is 5.80. The molecule has 0 saturated heterocycles. The Kier molecular flexibility index (Phi) is 3.44. The second-order valence-electron chi connectivity index (χ2n) is 7.21. The Labute approximate surface area is 120 Å². The molecule has 0 amide bonds. The second kappa shape index (κ2) is 4.69. The maximum absolute atomic E-state index is 6.16. The summed E-state index contributed by atoms with van der Waals surface area (Å²) in [4.78, 5) is 4.47. The Hall–Kier alpha value is -1.71. The fourth-order valence-electron chi connectivity index (χ4n) is 3.21. The number of nitrogens with zero attached hydrogens (tertiary/aromatic N) is 2. The molecule has 0 radical (unpaired) electrons. The number of imidazole rings is 1. The van der Waals surface area contributed by atoms with E-state index in [-0.39, 0.29) is 11.0 Å². The molecule has 4 nitrogen and oxygen atoms in total. The minimum atomic E-state index is -0.108. The van der Waals surface area contributed by atoms with Crippen molar-refractivity contribution in [3.8, 4) is 5.75 Å². The SMILES string of the molecule is COc1ccc2nc(N)n(C(C)(C)CC(C)(C)C)c2c1. The van der Waals surface area contributed by atoms with Crippen LogP contribution >= 0.6 is 0 Å². The van der Waals surface area contributed by atoms with Crippen molar-refractivity contribution in [1.29, 1.82) is 0 Å². The number of ether oxygens (including phenoxy) is 1. The quantitative estimate of drug-likeness (QED) is 0.927. The van der Waals surface area contributed by atoms with Crippen molar-refractivity contribution in [2.75, 3.05) is 12.8 Å². The van der Waals surface area contributed by atoms with Crippen LogP contribution in [0.4, 0.5) is 5.95 Å². The Morgan fingerprint density at radius 1 is 1.20 bits per heavy atom. The fourth-order valence-corrected chi connectivity index (χ4v) is 3.21. The van der Waals surface area contributed by atoms with E-state index in [1.165, 1.54) is 0 Å². The van der Waals surface area contributed by atoms with Crippen molar-refractivity contribution in [3.05, 3.63) is 18.2 Å². The van der Waals surface area contributed by atoms with Crippen molar-refractivity contribution in [2.45, 2.75) is 46.6 Å². The van der Waals surface area contributed by atoms with Crippen molar-refractivity contribution < 1.29 is 4.74 Å². The number of methoxy groups -OCH3 is 1. The molecule has 1 aromatic heterocycles. The summed E-state index contributed by atoms with van der Waals surface area (Å²) in [5.74, 6) is 1.38. The largest absolute Gasteiger partial charge is 0.497 e. The van der Waals surface area contributed by atoms with Crippen LogP contribution in [0.15, 0.2) is 18.2 Å². The van der Waals surface area contributed by atoms with Crippen LogP contribution in [0.1, 0.15) is 41.0 Å². The molecule has 4 heteroatoms. The van der Waals surface area contributed by atoms with E-state index in [1.54, 1.807) is 7.11 Å². The van der Waals surface area contributed by atoms with Gasteiger partial charge in [0.05, 0.1) is 18.1 Å².